The molecule has 1 amide bonds. The second-order valence-corrected chi connectivity index (χ2v) is 8.61. The Morgan fingerprint density at radius 2 is 1.90 bits per heavy atom. The van der Waals surface area contributed by atoms with Crippen LogP contribution in [0.2, 0.25) is 5.02 Å². The second kappa shape index (κ2) is 9.53. The van der Waals surface area contributed by atoms with Gasteiger partial charge in [0.25, 0.3) is 5.91 Å². The highest BCUT2D eigenvalue weighted by atomic mass is 35.5. The third-order valence-corrected chi connectivity index (χ3v) is 6.17. The van der Waals surface area contributed by atoms with Crippen molar-refractivity contribution < 1.29 is 9.53 Å². The standard InChI is InChI=1S/C24H31ClN2O2/c1-16-6-5-11-27(14-16)21-9-7-20(8-10-21)19(4)26-23(28)15-29-22-12-17(2)24(25)18(3)13-22/h7-10,12-13,16,19H,5-6,11,14-15H2,1-4H3,(H,26,28). The highest BCUT2D eigenvalue weighted by Gasteiger charge is 2.17. The number of carbonyl (C=O) groups is 1. The van der Waals surface area contributed by atoms with E-state index in [-0.39, 0.29) is 18.6 Å². The lowest BCUT2D eigenvalue weighted by Gasteiger charge is -2.33. The van der Waals surface area contributed by atoms with E-state index < -0.39 is 0 Å². The van der Waals surface area contributed by atoms with Crippen LogP contribution in [0.15, 0.2) is 36.4 Å². The molecule has 1 fully saturated rings. The first-order valence-electron chi connectivity index (χ1n) is 10.4. The number of anilines is 1. The van der Waals surface area contributed by atoms with E-state index >= 15 is 0 Å². The molecule has 1 heterocycles. The highest BCUT2D eigenvalue weighted by Crippen LogP contribution is 2.26. The first-order valence-corrected chi connectivity index (χ1v) is 10.7. The Kier molecular flexibility index (Phi) is 7.07. The van der Waals surface area contributed by atoms with E-state index in [9.17, 15) is 4.79 Å². The van der Waals surface area contributed by atoms with Crippen molar-refractivity contribution in [3.05, 3.63) is 58.1 Å². The van der Waals surface area contributed by atoms with Crippen molar-refractivity contribution in [2.75, 3.05) is 24.6 Å². The summed E-state index contributed by atoms with van der Waals surface area (Å²) in [5.74, 6) is 1.26. The predicted molar refractivity (Wildman–Crippen MR) is 120 cm³/mol. The molecular formula is C24H31ClN2O2. The van der Waals surface area contributed by atoms with Gasteiger partial charge in [0.15, 0.2) is 6.61 Å². The van der Waals surface area contributed by atoms with Gasteiger partial charge in [-0.25, -0.2) is 0 Å². The zero-order valence-electron chi connectivity index (χ0n) is 17.8. The van der Waals surface area contributed by atoms with Crippen LogP contribution < -0.4 is 15.0 Å². The van der Waals surface area contributed by atoms with Gasteiger partial charge in [0.2, 0.25) is 0 Å². The van der Waals surface area contributed by atoms with Crippen molar-refractivity contribution >= 4 is 23.2 Å². The SMILES string of the molecule is Cc1cc(OCC(=O)NC(C)c2ccc(N3CCCC(C)C3)cc2)cc(C)c1Cl. The van der Waals surface area contributed by atoms with E-state index in [0.717, 1.165) is 40.7 Å². The minimum atomic E-state index is -0.142. The van der Waals surface area contributed by atoms with Crippen LogP contribution in [0.25, 0.3) is 0 Å². The Morgan fingerprint density at radius 3 is 2.52 bits per heavy atom. The van der Waals surface area contributed by atoms with Crippen LogP contribution in [-0.4, -0.2) is 25.6 Å². The predicted octanol–water partition coefficient (Wildman–Crippen LogP) is 5.45. The van der Waals surface area contributed by atoms with Crippen molar-refractivity contribution in [2.24, 2.45) is 5.92 Å². The summed E-state index contributed by atoms with van der Waals surface area (Å²) in [4.78, 5) is 14.8. The number of aryl methyl sites for hydroxylation is 2. The zero-order valence-corrected chi connectivity index (χ0v) is 18.6. The largest absolute Gasteiger partial charge is 0.484 e. The van der Waals surface area contributed by atoms with Crippen LogP contribution >= 0.6 is 11.6 Å². The van der Waals surface area contributed by atoms with Gasteiger partial charge in [0.1, 0.15) is 5.75 Å². The Balaban J connectivity index is 1.53. The summed E-state index contributed by atoms with van der Waals surface area (Å²) in [5.41, 5.74) is 4.23. The molecule has 0 spiro atoms. The van der Waals surface area contributed by atoms with E-state index in [0.29, 0.717) is 5.75 Å². The van der Waals surface area contributed by atoms with Gasteiger partial charge in [0.05, 0.1) is 6.04 Å². The second-order valence-electron chi connectivity index (χ2n) is 8.23. The van der Waals surface area contributed by atoms with Gasteiger partial charge in [0, 0.05) is 23.8 Å². The fourth-order valence-electron chi connectivity index (χ4n) is 3.90. The molecule has 2 atom stereocenters. The minimum absolute atomic E-state index is 0.0192. The number of ether oxygens (including phenoxy) is 1. The zero-order chi connectivity index (χ0) is 21.0. The van der Waals surface area contributed by atoms with Gasteiger partial charge in [-0.05, 0) is 80.5 Å². The van der Waals surface area contributed by atoms with Gasteiger partial charge in [-0.2, -0.15) is 0 Å². The maximum absolute atomic E-state index is 12.3. The summed E-state index contributed by atoms with van der Waals surface area (Å²) >= 11 is 6.18. The monoisotopic (exact) mass is 414 g/mol. The molecule has 0 aliphatic carbocycles. The Labute approximate surface area is 179 Å². The van der Waals surface area contributed by atoms with E-state index in [1.165, 1.54) is 18.5 Å². The minimum Gasteiger partial charge on any atom is -0.484 e. The molecule has 29 heavy (non-hydrogen) atoms. The number of halogens is 1. The van der Waals surface area contributed by atoms with Crippen molar-refractivity contribution in [1.29, 1.82) is 0 Å². The van der Waals surface area contributed by atoms with Gasteiger partial charge >= 0.3 is 0 Å². The van der Waals surface area contributed by atoms with Crippen molar-refractivity contribution in [3.8, 4) is 5.75 Å². The molecule has 1 N–H and O–H groups in total. The maximum Gasteiger partial charge on any atom is 0.258 e. The fourth-order valence-corrected chi connectivity index (χ4v) is 4.01. The quantitative estimate of drug-likeness (QED) is 0.683. The van der Waals surface area contributed by atoms with Gasteiger partial charge in [-0.3, -0.25) is 4.79 Å². The number of benzene rings is 2. The van der Waals surface area contributed by atoms with Crippen LogP contribution in [0.3, 0.4) is 0 Å². The highest BCUT2D eigenvalue weighted by molar-refractivity contribution is 6.32. The van der Waals surface area contributed by atoms with Crippen molar-refractivity contribution in [1.82, 2.24) is 5.32 Å². The molecule has 2 aromatic rings. The number of hydrogen-bond acceptors (Lipinski definition) is 3. The van der Waals surface area contributed by atoms with Gasteiger partial charge in [-0.15, -0.1) is 0 Å². The van der Waals surface area contributed by atoms with E-state index in [1.54, 1.807) is 0 Å². The number of rotatable bonds is 6. The maximum atomic E-state index is 12.3. The number of piperidine rings is 1. The molecule has 156 valence electrons. The van der Waals surface area contributed by atoms with Crippen LogP contribution in [0, 0.1) is 19.8 Å². The van der Waals surface area contributed by atoms with E-state index in [2.05, 4.69) is 41.4 Å². The third kappa shape index (κ3) is 5.66. The van der Waals surface area contributed by atoms with Crippen molar-refractivity contribution in [2.45, 2.75) is 46.6 Å². The number of hydrogen-bond donors (Lipinski definition) is 1. The summed E-state index contributed by atoms with van der Waals surface area (Å²) in [5, 5.41) is 3.74. The van der Waals surface area contributed by atoms with E-state index in [1.807, 2.05) is 32.9 Å². The lowest BCUT2D eigenvalue weighted by molar-refractivity contribution is -0.123. The number of nitrogens with one attached hydrogen (secondary N) is 1. The molecule has 0 bridgehead atoms. The summed E-state index contributed by atoms with van der Waals surface area (Å²) in [6, 6.07) is 12.2. The van der Waals surface area contributed by atoms with Crippen LogP contribution in [0.5, 0.6) is 5.75 Å². The molecule has 0 radical (unpaired) electrons. The molecular weight excluding hydrogens is 384 g/mol. The third-order valence-electron chi connectivity index (χ3n) is 5.57. The Hall–Kier alpha value is -2.20. The number of nitrogens with zero attached hydrogens (tertiary/aromatic N) is 1. The number of carbonyl (C=O) groups excluding carboxylic acids is 1. The first kappa shape index (κ1) is 21.5. The number of amides is 1. The molecule has 2 unspecified atom stereocenters. The molecule has 4 nitrogen and oxygen atoms in total. The summed E-state index contributed by atoms with van der Waals surface area (Å²) in [6.45, 7) is 10.4. The van der Waals surface area contributed by atoms with Crippen LogP contribution in [0.1, 0.15) is 49.4 Å². The topological polar surface area (TPSA) is 41.6 Å². The van der Waals surface area contributed by atoms with Crippen LogP contribution in [0.4, 0.5) is 5.69 Å². The molecule has 5 heteroatoms. The first-order chi connectivity index (χ1) is 13.8. The molecule has 1 aliphatic rings. The molecule has 0 saturated carbocycles. The fraction of sp³-hybridized carbons (Fsp3) is 0.458. The summed E-state index contributed by atoms with van der Waals surface area (Å²) < 4.78 is 5.65. The van der Waals surface area contributed by atoms with Gasteiger partial charge in [-0.1, -0.05) is 30.7 Å². The smallest absolute Gasteiger partial charge is 0.258 e. The lowest BCUT2D eigenvalue weighted by Crippen LogP contribution is -2.34. The Bertz CT molecular complexity index is 827. The van der Waals surface area contributed by atoms with E-state index in [4.69, 9.17) is 16.3 Å². The molecule has 2 aromatic carbocycles. The average Bonchev–Trinajstić information content (AvgIpc) is 2.70. The summed E-state index contributed by atoms with van der Waals surface area (Å²) in [7, 11) is 0. The Morgan fingerprint density at radius 1 is 1.24 bits per heavy atom. The molecule has 3 rings (SSSR count). The molecule has 1 aliphatic heterocycles. The summed E-state index contributed by atoms with van der Waals surface area (Å²) in [6.07, 6.45) is 2.57. The normalized spacial score (nSPS) is 17.7. The van der Waals surface area contributed by atoms with Crippen LogP contribution in [-0.2, 0) is 4.79 Å². The van der Waals surface area contributed by atoms with Crippen molar-refractivity contribution in [3.63, 3.8) is 0 Å². The average molecular weight is 415 g/mol. The molecule has 0 aromatic heterocycles. The van der Waals surface area contributed by atoms with Gasteiger partial charge < -0.3 is 15.0 Å². The lowest BCUT2D eigenvalue weighted by atomic mass is 9.99. The molecule has 1 saturated heterocycles.